The Morgan fingerprint density at radius 3 is 2.20 bits per heavy atom. The standard InChI is InChI=1S/C21H29N5O3S/c1-21(2,3)18-7-5-17(6-8-18)19(27)22-11-16-30(28,29)26-14-12-25(13-15-26)20-23-9-4-10-24-20/h4-10H,11-16H2,1-3H3,(H,22,27). The number of benzene rings is 1. The zero-order valence-corrected chi connectivity index (χ0v) is 18.5. The number of anilines is 1. The van der Waals surface area contributed by atoms with Crippen molar-refractivity contribution in [3.8, 4) is 0 Å². The summed E-state index contributed by atoms with van der Waals surface area (Å²) in [6.45, 7) is 8.24. The Kier molecular flexibility index (Phi) is 6.72. The predicted molar refractivity (Wildman–Crippen MR) is 117 cm³/mol. The predicted octanol–water partition coefficient (Wildman–Crippen LogP) is 1.66. The van der Waals surface area contributed by atoms with Gasteiger partial charge >= 0.3 is 0 Å². The Morgan fingerprint density at radius 1 is 1.03 bits per heavy atom. The largest absolute Gasteiger partial charge is 0.351 e. The zero-order chi connectivity index (χ0) is 21.8. The van der Waals surface area contributed by atoms with Gasteiger partial charge < -0.3 is 10.2 Å². The molecule has 3 rings (SSSR count). The Labute approximate surface area is 178 Å². The van der Waals surface area contributed by atoms with Gasteiger partial charge in [-0.2, -0.15) is 4.31 Å². The third-order valence-corrected chi connectivity index (χ3v) is 7.00. The first-order valence-electron chi connectivity index (χ1n) is 10.1. The quantitative estimate of drug-likeness (QED) is 0.747. The minimum absolute atomic E-state index is 0.0136. The summed E-state index contributed by atoms with van der Waals surface area (Å²) in [4.78, 5) is 22.7. The monoisotopic (exact) mass is 431 g/mol. The Balaban J connectivity index is 1.48. The maximum Gasteiger partial charge on any atom is 0.251 e. The summed E-state index contributed by atoms with van der Waals surface area (Å²) >= 11 is 0. The molecule has 1 fully saturated rings. The normalized spacial score (nSPS) is 15.8. The summed E-state index contributed by atoms with van der Waals surface area (Å²) in [5, 5.41) is 2.71. The molecule has 1 N–H and O–H groups in total. The average molecular weight is 432 g/mol. The fraction of sp³-hybridized carbons (Fsp3) is 0.476. The molecule has 30 heavy (non-hydrogen) atoms. The topological polar surface area (TPSA) is 95.5 Å². The maximum atomic E-state index is 12.6. The van der Waals surface area contributed by atoms with Crippen LogP contribution in [0.5, 0.6) is 0 Å². The molecule has 0 atom stereocenters. The van der Waals surface area contributed by atoms with E-state index in [4.69, 9.17) is 0 Å². The second kappa shape index (κ2) is 9.09. The van der Waals surface area contributed by atoms with Gasteiger partial charge in [0.05, 0.1) is 5.75 Å². The minimum atomic E-state index is -3.44. The second-order valence-corrected chi connectivity index (χ2v) is 10.4. The van der Waals surface area contributed by atoms with Gasteiger partial charge in [-0.15, -0.1) is 0 Å². The number of carbonyl (C=O) groups is 1. The SMILES string of the molecule is CC(C)(C)c1ccc(C(=O)NCCS(=O)(=O)N2CCN(c3ncccn3)CC2)cc1. The van der Waals surface area contributed by atoms with Gasteiger partial charge in [-0.05, 0) is 29.2 Å². The fourth-order valence-corrected chi connectivity index (χ4v) is 4.60. The highest BCUT2D eigenvalue weighted by Crippen LogP contribution is 2.22. The number of amides is 1. The van der Waals surface area contributed by atoms with Crippen LogP contribution < -0.4 is 10.2 Å². The van der Waals surface area contributed by atoms with Crippen molar-refractivity contribution in [2.24, 2.45) is 0 Å². The van der Waals surface area contributed by atoms with Crippen molar-refractivity contribution in [3.63, 3.8) is 0 Å². The van der Waals surface area contributed by atoms with Gasteiger partial charge in [0.25, 0.3) is 5.91 Å². The van der Waals surface area contributed by atoms with E-state index in [-0.39, 0.29) is 23.6 Å². The van der Waals surface area contributed by atoms with Crippen LogP contribution in [-0.2, 0) is 15.4 Å². The zero-order valence-electron chi connectivity index (χ0n) is 17.7. The van der Waals surface area contributed by atoms with E-state index in [9.17, 15) is 13.2 Å². The van der Waals surface area contributed by atoms with Gasteiger partial charge in [0.1, 0.15) is 0 Å². The Bertz CT molecular complexity index is 948. The molecule has 1 aromatic heterocycles. The van der Waals surface area contributed by atoms with E-state index >= 15 is 0 Å². The molecule has 1 aliphatic heterocycles. The van der Waals surface area contributed by atoms with Crippen molar-refractivity contribution in [1.82, 2.24) is 19.6 Å². The smallest absolute Gasteiger partial charge is 0.251 e. The number of hydrogen-bond acceptors (Lipinski definition) is 6. The number of rotatable bonds is 6. The lowest BCUT2D eigenvalue weighted by Gasteiger charge is -2.33. The minimum Gasteiger partial charge on any atom is -0.351 e. The molecule has 9 heteroatoms. The van der Waals surface area contributed by atoms with Gasteiger partial charge in [-0.3, -0.25) is 4.79 Å². The lowest BCUT2D eigenvalue weighted by Crippen LogP contribution is -2.50. The molecule has 2 aromatic rings. The highest BCUT2D eigenvalue weighted by atomic mass is 32.2. The highest BCUT2D eigenvalue weighted by Gasteiger charge is 2.27. The average Bonchev–Trinajstić information content (AvgIpc) is 2.74. The first-order valence-corrected chi connectivity index (χ1v) is 11.7. The number of hydrogen-bond donors (Lipinski definition) is 1. The molecule has 0 spiro atoms. The van der Waals surface area contributed by atoms with Crippen molar-refractivity contribution in [2.45, 2.75) is 26.2 Å². The lowest BCUT2D eigenvalue weighted by molar-refractivity contribution is 0.0956. The van der Waals surface area contributed by atoms with Gasteiger partial charge in [0.15, 0.2) is 0 Å². The molecule has 0 saturated carbocycles. The van der Waals surface area contributed by atoms with Gasteiger partial charge in [-0.25, -0.2) is 18.4 Å². The Morgan fingerprint density at radius 2 is 1.63 bits per heavy atom. The molecule has 8 nitrogen and oxygen atoms in total. The molecule has 1 amide bonds. The molecule has 0 unspecified atom stereocenters. The number of aromatic nitrogens is 2. The van der Waals surface area contributed by atoms with Crippen LogP contribution in [0.3, 0.4) is 0 Å². The van der Waals surface area contributed by atoms with Gasteiger partial charge in [0, 0.05) is 50.7 Å². The highest BCUT2D eigenvalue weighted by molar-refractivity contribution is 7.89. The number of carbonyl (C=O) groups excluding carboxylic acids is 1. The first kappa shape index (κ1) is 22.2. The van der Waals surface area contributed by atoms with Crippen molar-refractivity contribution in [2.75, 3.05) is 43.4 Å². The van der Waals surface area contributed by atoms with Crippen molar-refractivity contribution in [3.05, 3.63) is 53.9 Å². The van der Waals surface area contributed by atoms with E-state index in [1.54, 1.807) is 30.6 Å². The van der Waals surface area contributed by atoms with E-state index in [0.717, 1.165) is 5.56 Å². The number of nitrogens with zero attached hydrogens (tertiary/aromatic N) is 4. The van der Waals surface area contributed by atoms with E-state index in [1.165, 1.54) is 4.31 Å². The third kappa shape index (κ3) is 5.54. The molecule has 2 heterocycles. The summed E-state index contributed by atoms with van der Waals surface area (Å²) in [7, 11) is -3.44. The summed E-state index contributed by atoms with van der Waals surface area (Å²) in [6, 6.07) is 9.16. The van der Waals surface area contributed by atoms with Crippen LogP contribution in [0.25, 0.3) is 0 Å². The fourth-order valence-electron chi connectivity index (χ4n) is 3.27. The van der Waals surface area contributed by atoms with E-state index in [1.807, 2.05) is 17.0 Å². The molecule has 162 valence electrons. The van der Waals surface area contributed by atoms with Crippen LogP contribution in [0.2, 0.25) is 0 Å². The summed E-state index contributed by atoms with van der Waals surface area (Å²) in [5.41, 5.74) is 1.68. The Hall–Kier alpha value is -2.52. The van der Waals surface area contributed by atoms with Crippen molar-refractivity contribution < 1.29 is 13.2 Å². The second-order valence-electron chi connectivity index (χ2n) is 8.33. The van der Waals surface area contributed by atoms with Crippen LogP contribution in [0.4, 0.5) is 5.95 Å². The van der Waals surface area contributed by atoms with E-state index in [0.29, 0.717) is 37.7 Å². The summed E-state index contributed by atoms with van der Waals surface area (Å²) in [5.74, 6) is 0.219. The van der Waals surface area contributed by atoms with Gasteiger partial charge in [-0.1, -0.05) is 32.9 Å². The molecule has 1 aromatic carbocycles. The first-order chi connectivity index (χ1) is 14.2. The van der Waals surface area contributed by atoms with Crippen LogP contribution in [0.1, 0.15) is 36.7 Å². The van der Waals surface area contributed by atoms with Crippen LogP contribution >= 0.6 is 0 Å². The molecule has 1 aliphatic rings. The number of nitrogens with one attached hydrogen (secondary N) is 1. The molecule has 0 radical (unpaired) electrons. The summed E-state index contributed by atoms with van der Waals surface area (Å²) in [6.07, 6.45) is 3.34. The van der Waals surface area contributed by atoms with E-state index in [2.05, 4.69) is 36.1 Å². The van der Waals surface area contributed by atoms with E-state index < -0.39 is 10.0 Å². The van der Waals surface area contributed by atoms with Crippen molar-refractivity contribution in [1.29, 1.82) is 0 Å². The summed E-state index contributed by atoms with van der Waals surface area (Å²) < 4.78 is 26.7. The van der Waals surface area contributed by atoms with Crippen LogP contribution in [-0.4, -0.2) is 67.1 Å². The lowest BCUT2D eigenvalue weighted by atomic mass is 9.87. The third-order valence-electron chi connectivity index (χ3n) is 5.13. The molecular weight excluding hydrogens is 402 g/mol. The molecule has 0 bridgehead atoms. The molecular formula is C21H29N5O3S. The number of sulfonamides is 1. The van der Waals surface area contributed by atoms with Crippen LogP contribution in [0, 0.1) is 0 Å². The maximum absolute atomic E-state index is 12.6. The van der Waals surface area contributed by atoms with Crippen molar-refractivity contribution >= 4 is 21.9 Å². The number of piperazine rings is 1. The molecule has 1 saturated heterocycles. The van der Waals surface area contributed by atoms with Crippen LogP contribution in [0.15, 0.2) is 42.7 Å². The van der Waals surface area contributed by atoms with Gasteiger partial charge in [0.2, 0.25) is 16.0 Å². The molecule has 0 aliphatic carbocycles.